The van der Waals surface area contributed by atoms with Crippen LogP contribution in [-0.4, -0.2) is 58.6 Å². The first-order valence-corrected chi connectivity index (χ1v) is 10.00. The highest BCUT2D eigenvalue weighted by Crippen LogP contribution is 2.24. The maximum Gasteiger partial charge on any atom is 0.339 e. The van der Waals surface area contributed by atoms with Gasteiger partial charge in [-0.25, -0.2) is 9.18 Å². The fourth-order valence-electron chi connectivity index (χ4n) is 3.82. The highest BCUT2D eigenvalue weighted by atomic mass is 19.1. The normalized spacial score (nSPS) is 19.5. The summed E-state index contributed by atoms with van der Waals surface area (Å²) < 4.78 is 18.8. The molecule has 1 saturated heterocycles. The van der Waals surface area contributed by atoms with Crippen molar-refractivity contribution in [1.82, 2.24) is 9.80 Å². The van der Waals surface area contributed by atoms with E-state index < -0.39 is 5.97 Å². The Morgan fingerprint density at radius 1 is 1.10 bits per heavy atom. The zero-order valence-corrected chi connectivity index (χ0v) is 17.5. The lowest BCUT2D eigenvalue weighted by Crippen LogP contribution is -2.58. The minimum atomic E-state index is -1.09. The minimum absolute atomic E-state index is 0.0198. The molecule has 0 aliphatic carbocycles. The number of halogens is 1. The van der Waals surface area contributed by atoms with Gasteiger partial charge in [0.1, 0.15) is 17.1 Å². The standard InChI is InChI=1S/C23H27FN2O4/c1-15-5-4-6-20(23(28)29)22(15)30-14-21(27)26-12-16(2)25(11-17(26)3)13-18-7-9-19(24)10-8-18/h4-10,16-17H,11-14H2,1-3H3,(H,28,29). The number of aryl methyl sites for hydroxylation is 1. The van der Waals surface area contributed by atoms with Gasteiger partial charge in [-0.15, -0.1) is 0 Å². The molecule has 0 aromatic heterocycles. The molecule has 0 radical (unpaired) electrons. The van der Waals surface area contributed by atoms with E-state index in [1.807, 2.05) is 6.92 Å². The Bertz CT molecular complexity index is 916. The van der Waals surface area contributed by atoms with Crippen LogP contribution in [0.3, 0.4) is 0 Å². The lowest BCUT2D eigenvalue weighted by Gasteiger charge is -2.44. The first-order chi connectivity index (χ1) is 14.3. The summed E-state index contributed by atoms with van der Waals surface area (Å²) >= 11 is 0. The van der Waals surface area contributed by atoms with E-state index in [9.17, 15) is 19.1 Å². The van der Waals surface area contributed by atoms with E-state index in [1.54, 1.807) is 36.1 Å². The molecule has 2 aromatic carbocycles. The quantitative estimate of drug-likeness (QED) is 0.785. The van der Waals surface area contributed by atoms with E-state index in [4.69, 9.17) is 4.74 Å². The number of piperazine rings is 1. The van der Waals surface area contributed by atoms with Crippen molar-refractivity contribution in [2.75, 3.05) is 19.7 Å². The molecule has 2 atom stereocenters. The van der Waals surface area contributed by atoms with Crippen molar-refractivity contribution in [1.29, 1.82) is 0 Å². The van der Waals surface area contributed by atoms with Gasteiger partial charge in [0.15, 0.2) is 6.61 Å². The molecule has 7 heteroatoms. The molecule has 1 heterocycles. The van der Waals surface area contributed by atoms with Gasteiger partial charge in [0.05, 0.1) is 0 Å². The van der Waals surface area contributed by atoms with Crippen molar-refractivity contribution in [3.8, 4) is 5.75 Å². The van der Waals surface area contributed by atoms with Gasteiger partial charge in [0, 0.05) is 31.7 Å². The number of carbonyl (C=O) groups is 2. The molecule has 3 rings (SSSR count). The second-order valence-corrected chi connectivity index (χ2v) is 7.85. The van der Waals surface area contributed by atoms with Crippen molar-refractivity contribution in [3.63, 3.8) is 0 Å². The lowest BCUT2D eigenvalue weighted by molar-refractivity contribution is -0.139. The summed E-state index contributed by atoms with van der Waals surface area (Å²) in [6, 6.07) is 11.4. The highest BCUT2D eigenvalue weighted by molar-refractivity contribution is 5.91. The van der Waals surface area contributed by atoms with Crippen LogP contribution in [-0.2, 0) is 11.3 Å². The zero-order valence-electron chi connectivity index (χ0n) is 17.5. The van der Waals surface area contributed by atoms with Gasteiger partial charge >= 0.3 is 5.97 Å². The molecule has 1 aliphatic rings. The molecule has 1 N–H and O–H groups in total. The smallest absolute Gasteiger partial charge is 0.339 e. The van der Waals surface area contributed by atoms with Crippen molar-refractivity contribution >= 4 is 11.9 Å². The minimum Gasteiger partial charge on any atom is -0.483 e. The van der Waals surface area contributed by atoms with Crippen molar-refractivity contribution in [2.45, 2.75) is 39.4 Å². The van der Waals surface area contributed by atoms with E-state index in [0.29, 0.717) is 25.2 Å². The topological polar surface area (TPSA) is 70.1 Å². The van der Waals surface area contributed by atoms with Gasteiger partial charge in [-0.3, -0.25) is 9.69 Å². The number of ether oxygens (including phenoxy) is 1. The molecular formula is C23H27FN2O4. The number of amides is 1. The van der Waals surface area contributed by atoms with Crippen LogP contribution in [0.15, 0.2) is 42.5 Å². The number of carboxylic acids is 1. The molecule has 6 nitrogen and oxygen atoms in total. The van der Waals surface area contributed by atoms with Gasteiger partial charge in [-0.1, -0.05) is 24.3 Å². The van der Waals surface area contributed by atoms with Crippen LogP contribution >= 0.6 is 0 Å². The first kappa shape index (κ1) is 21.8. The number of hydrogen-bond donors (Lipinski definition) is 1. The summed E-state index contributed by atoms with van der Waals surface area (Å²) in [5.74, 6) is -1.28. The van der Waals surface area contributed by atoms with E-state index in [2.05, 4.69) is 11.8 Å². The van der Waals surface area contributed by atoms with Crippen molar-refractivity contribution in [3.05, 3.63) is 65.0 Å². The zero-order chi connectivity index (χ0) is 21.8. The molecule has 0 spiro atoms. The number of carboxylic acid groups (broad SMARTS) is 1. The Kier molecular flexibility index (Phi) is 6.72. The maximum atomic E-state index is 13.1. The number of nitrogens with zero attached hydrogens (tertiary/aromatic N) is 2. The maximum absolute atomic E-state index is 13.1. The second-order valence-electron chi connectivity index (χ2n) is 7.85. The monoisotopic (exact) mass is 414 g/mol. The summed E-state index contributed by atoms with van der Waals surface area (Å²) in [5, 5.41) is 9.34. The molecule has 0 saturated carbocycles. The Hall–Kier alpha value is -2.93. The molecular weight excluding hydrogens is 387 g/mol. The number of benzene rings is 2. The van der Waals surface area contributed by atoms with Crippen LogP contribution in [0.2, 0.25) is 0 Å². The lowest BCUT2D eigenvalue weighted by atomic mass is 10.1. The third kappa shape index (κ3) is 4.97. The molecule has 160 valence electrons. The summed E-state index contributed by atoms with van der Waals surface area (Å²) in [6.45, 7) is 7.51. The largest absolute Gasteiger partial charge is 0.483 e. The second kappa shape index (κ2) is 9.26. The summed E-state index contributed by atoms with van der Waals surface area (Å²) in [4.78, 5) is 28.3. The molecule has 1 fully saturated rings. The average molecular weight is 414 g/mol. The third-order valence-corrected chi connectivity index (χ3v) is 5.52. The van der Waals surface area contributed by atoms with Gasteiger partial charge in [0.25, 0.3) is 5.91 Å². The molecule has 0 bridgehead atoms. The number of para-hydroxylation sites is 1. The van der Waals surface area contributed by atoms with Crippen molar-refractivity contribution in [2.24, 2.45) is 0 Å². The number of rotatable bonds is 6. The summed E-state index contributed by atoms with van der Waals surface area (Å²) in [6.07, 6.45) is 0. The van der Waals surface area contributed by atoms with Crippen LogP contribution in [0.25, 0.3) is 0 Å². The van der Waals surface area contributed by atoms with Crippen LogP contribution < -0.4 is 4.74 Å². The van der Waals surface area contributed by atoms with E-state index in [-0.39, 0.29) is 41.7 Å². The number of aromatic carboxylic acids is 1. The van der Waals surface area contributed by atoms with E-state index >= 15 is 0 Å². The molecule has 2 aromatic rings. The fourth-order valence-corrected chi connectivity index (χ4v) is 3.82. The third-order valence-electron chi connectivity index (χ3n) is 5.52. The number of hydrogen-bond acceptors (Lipinski definition) is 4. The van der Waals surface area contributed by atoms with Crippen LogP contribution in [0, 0.1) is 12.7 Å². The van der Waals surface area contributed by atoms with E-state index in [1.165, 1.54) is 18.2 Å². The van der Waals surface area contributed by atoms with Gasteiger partial charge in [-0.05, 0) is 50.1 Å². The van der Waals surface area contributed by atoms with Crippen molar-refractivity contribution < 1.29 is 23.8 Å². The van der Waals surface area contributed by atoms with E-state index in [0.717, 1.165) is 5.56 Å². The van der Waals surface area contributed by atoms with Gasteiger partial charge < -0.3 is 14.7 Å². The predicted molar refractivity (Wildman–Crippen MR) is 111 cm³/mol. The SMILES string of the molecule is Cc1cccc(C(=O)O)c1OCC(=O)N1CC(C)N(Cc2ccc(F)cc2)CC1C. The predicted octanol–water partition coefficient (Wildman–Crippen LogP) is 3.33. The molecule has 1 aliphatic heterocycles. The molecule has 30 heavy (non-hydrogen) atoms. The Morgan fingerprint density at radius 2 is 1.80 bits per heavy atom. The average Bonchev–Trinajstić information content (AvgIpc) is 2.70. The van der Waals surface area contributed by atoms with Crippen LogP contribution in [0.1, 0.15) is 35.3 Å². The first-order valence-electron chi connectivity index (χ1n) is 10.00. The van der Waals surface area contributed by atoms with Gasteiger partial charge in [-0.2, -0.15) is 0 Å². The summed E-state index contributed by atoms with van der Waals surface area (Å²) in [5.41, 5.74) is 1.75. The van der Waals surface area contributed by atoms with Crippen LogP contribution in [0.4, 0.5) is 4.39 Å². The Morgan fingerprint density at radius 3 is 2.47 bits per heavy atom. The Balaban J connectivity index is 1.62. The molecule has 1 amide bonds. The summed E-state index contributed by atoms with van der Waals surface area (Å²) in [7, 11) is 0. The Labute approximate surface area is 175 Å². The molecule has 2 unspecified atom stereocenters. The number of carbonyl (C=O) groups excluding carboxylic acids is 1. The van der Waals surface area contributed by atoms with Crippen LogP contribution in [0.5, 0.6) is 5.75 Å². The van der Waals surface area contributed by atoms with Gasteiger partial charge in [0.2, 0.25) is 0 Å². The highest BCUT2D eigenvalue weighted by Gasteiger charge is 2.32. The fraction of sp³-hybridized carbons (Fsp3) is 0.391.